The van der Waals surface area contributed by atoms with E-state index in [9.17, 15) is 14.0 Å². The quantitative estimate of drug-likeness (QED) is 0.761. The number of carbonyl (C=O) groups is 2. The molecule has 0 spiro atoms. The lowest BCUT2D eigenvalue weighted by atomic mass is 10.0. The summed E-state index contributed by atoms with van der Waals surface area (Å²) < 4.78 is 13.0. The Hall–Kier alpha value is -2.70. The number of halogens is 1. The summed E-state index contributed by atoms with van der Waals surface area (Å²) in [4.78, 5) is 23.1. The van der Waals surface area contributed by atoms with E-state index in [4.69, 9.17) is 5.11 Å². The van der Waals surface area contributed by atoms with Gasteiger partial charge in [-0.2, -0.15) is 5.10 Å². The molecule has 0 aliphatic carbocycles. The third-order valence-corrected chi connectivity index (χ3v) is 3.20. The number of aliphatic carboxylic acids is 1. The van der Waals surface area contributed by atoms with Crippen LogP contribution < -0.4 is 5.32 Å². The van der Waals surface area contributed by atoms with E-state index in [0.717, 1.165) is 5.69 Å². The van der Waals surface area contributed by atoms with Gasteiger partial charge in [-0.05, 0) is 30.2 Å². The first-order valence-electron chi connectivity index (χ1n) is 6.82. The lowest BCUT2D eigenvalue weighted by Gasteiger charge is -2.16. The van der Waals surface area contributed by atoms with Gasteiger partial charge in [-0.1, -0.05) is 19.1 Å². The number of nitrogens with zero attached hydrogens (tertiary/aromatic N) is 1. The summed E-state index contributed by atoms with van der Waals surface area (Å²) in [5.74, 6) is -1.97. The second-order valence-corrected chi connectivity index (χ2v) is 4.81. The molecular weight excluding hydrogens is 289 g/mol. The number of hydrogen-bond acceptors (Lipinski definition) is 3. The fraction of sp³-hybridized carbons (Fsp3) is 0.267. The fourth-order valence-electron chi connectivity index (χ4n) is 2.01. The molecule has 0 fully saturated rings. The minimum atomic E-state index is -1.06. The number of hydrogen-bond donors (Lipinski definition) is 3. The van der Waals surface area contributed by atoms with Gasteiger partial charge in [-0.25, -0.2) is 4.39 Å². The van der Waals surface area contributed by atoms with Crippen LogP contribution in [-0.4, -0.2) is 27.2 Å². The van der Waals surface area contributed by atoms with Gasteiger partial charge in [-0.3, -0.25) is 14.7 Å². The SMILES string of the molecule is CCc1cc(C(=O)N[C@H](CC(=O)O)c2ccc(F)cc2)n[nH]1. The molecule has 1 aromatic carbocycles. The largest absolute Gasteiger partial charge is 0.481 e. The Balaban J connectivity index is 2.17. The van der Waals surface area contributed by atoms with Crippen LogP contribution in [0.4, 0.5) is 4.39 Å². The molecule has 0 aliphatic rings. The molecule has 116 valence electrons. The van der Waals surface area contributed by atoms with Crippen LogP contribution in [0.15, 0.2) is 30.3 Å². The second kappa shape index (κ2) is 6.84. The van der Waals surface area contributed by atoms with Crippen molar-refractivity contribution in [2.75, 3.05) is 0 Å². The van der Waals surface area contributed by atoms with Crippen LogP contribution in [0, 0.1) is 5.82 Å². The fourth-order valence-corrected chi connectivity index (χ4v) is 2.01. The third kappa shape index (κ3) is 3.91. The second-order valence-electron chi connectivity index (χ2n) is 4.81. The number of amides is 1. The number of carboxylic acid groups (broad SMARTS) is 1. The first kappa shape index (κ1) is 15.7. The maximum absolute atomic E-state index is 13.0. The van der Waals surface area contributed by atoms with E-state index in [1.807, 2.05) is 6.92 Å². The molecule has 1 amide bonds. The van der Waals surface area contributed by atoms with E-state index >= 15 is 0 Å². The number of aromatic amines is 1. The summed E-state index contributed by atoms with van der Waals surface area (Å²) in [5, 5.41) is 18.2. The monoisotopic (exact) mass is 305 g/mol. The molecule has 1 heterocycles. The number of carboxylic acids is 1. The van der Waals surface area contributed by atoms with E-state index in [1.54, 1.807) is 6.07 Å². The highest BCUT2D eigenvalue weighted by Gasteiger charge is 2.20. The van der Waals surface area contributed by atoms with Crippen LogP contribution in [0.2, 0.25) is 0 Å². The van der Waals surface area contributed by atoms with E-state index in [1.165, 1.54) is 24.3 Å². The van der Waals surface area contributed by atoms with Crippen LogP contribution >= 0.6 is 0 Å². The van der Waals surface area contributed by atoms with Crippen molar-refractivity contribution in [3.05, 3.63) is 53.1 Å². The maximum Gasteiger partial charge on any atom is 0.305 e. The molecule has 0 saturated carbocycles. The van der Waals surface area contributed by atoms with E-state index in [0.29, 0.717) is 12.0 Å². The molecule has 7 heteroatoms. The zero-order valence-electron chi connectivity index (χ0n) is 12.0. The molecule has 2 aromatic rings. The molecule has 0 saturated heterocycles. The summed E-state index contributed by atoms with van der Waals surface area (Å²) in [6.45, 7) is 1.92. The summed E-state index contributed by atoms with van der Waals surface area (Å²) in [5.41, 5.74) is 1.51. The average molecular weight is 305 g/mol. The van der Waals surface area contributed by atoms with Gasteiger partial charge in [0, 0.05) is 5.69 Å². The van der Waals surface area contributed by atoms with Gasteiger partial charge in [-0.15, -0.1) is 0 Å². The Labute approximate surface area is 126 Å². The molecular formula is C15H16FN3O3. The van der Waals surface area contributed by atoms with Gasteiger partial charge in [0.15, 0.2) is 0 Å². The van der Waals surface area contributed by atoms with Crippen LogP contribution in [0.1, 0.15) is 41.1 Å². The van der Waals surface area contributed by atoms with E-state index < -0.39 is 23.7 Å². The first-order chi connectivity index (χ1) is 10.5. The van der Waals surface area contributed by atoms with E-state index in [-0.39, 0.29) is 12.1 Å². The highest BCUT2D eigenvalue weighted by atomic mass is 19.1. The molecule has 0 aliphatic heterocycles. The van der Waals surface area contributed by atoms with Gasteiger partial charge >= 0.3 is 5.97 Å². The van der Waals surface area contributed by atoms with Crippen molar-refractivity contribution >= 4 is 11.9 Å². The molecule has 0 radical (unpaired) electrons. The molecule has 1 aromatic heterocycles. The molecule has 0 bridgehead atoms. The van der Waals surface area contributed by atoms with Crippen LogP contribution in [0.25, 0.3) is 0 Å². The van der Waals surface area contributed by atoms with Gasteiger partial charge in [0.05, 0.1) is 12.5 Å². The predicted octanol–water partition coefficient (Wildman–Crippen LogP) is 2.06. The van der Waals surface area contributed by atoms with Crippen molar-refractivity contribution in [2.24, 2.45) is 0 Å². The Morgan fingerprint density at radius 3 is 2.59 bits per heavy atom. The van der Waals surface area contributed by atoms with Crippen molar-refractivity contribution in [1.82, 2.24) is 15.5 Å². The zero-order chi connectivity index (χ0) is 16.1. The normalized spacial score (nSPS) is 11.9. The average Bonchev–Trinajstić information content (AvgIpc) is 2.96. The summed E-state index contributed by atoms with van der Waals surface area (Å²) in [6, 6.07) is 6.20. The Morgan fingerprint density at radius 1 is 1.36 bits per heavy atom. The summed E-state index contributed by atoms with van der Waals surface area (Å²) >= 11 is 0. The third-order valence-electron chi connectivity index (χ3n) is 3.20. The van der Waals surface area contributed by atoms with Crippen molar-refractivity contribution < 1.29 is 19.1 Å². The number of aryl methyl sites for hydroxylation is 1. The number of benzene rings is 1. The van der Waals surface area contributed by atoms with Gasteiger partial charge < -0.3 is 10.4 Å². The lowest BCUT2D eigenvalue weighted by Crippen LogP contribution is -2.30. The predicted molar refractivity (Wildman–Crippen MR) is 76.8 cm³/mol. The number of aromatic nitrogens is 2. The number of carbonyl (C=O) groups excluding carboxylic acids is 1. The number of H-pyrrole nitrogens is 1. The van der Waals surface area contributed by atoms with Crippen molar-refractivity contribution in [3.63, 3.8) is 0 Å². The van der Waals surface area contributed by atoms with Gasteiger partial charge in [0.1, 0.15) is 11.5 Å². The Kier molecular flexibility index (Phi) is 4.88. The van der Waals surface area contributed by atoms with Crippen LogP contribution in [0.5, 0.6) is 0 Å². The van der Waals surface area contributed by atoms with Crippen molar-refractivity contribution in [1.29, 1.82) is 0 Å². The highest BCUT2D eigenvalue weighted by Crippen LogP contribution is 2.18. The van der Waals surface area contributed by atoms with Crippen LogP contribution in [0.3, 0.4) is 0 Å². The number of nitrogens with one attached hydrogen (secondary N) is 2. The summed E-state index contributed by atoms with van der Waals surface area (Å²) in [7, 11) is 0. The zero-order valence-corrected chi connectivity index (χ0v) is 12.0. The van der Waals surface area contributed by atoms with Crippen LogP contribution in [-0.2, 0) is 11.2 Å². The molecule has 2 rings (SSSR count). The standard InChI is InChI=1S/C15H16FN3O3/c1-2-11-7-13(19-18-11)15(22)17-12(8-14(20)21)9-3-5-10(16)6-4-9/h3-7,12H,2,8H2,1H3,(H,17,22)(H,18,19)(H,20,21)/t12-/m1/s1. The molecule has 22 heavy (non-hydrogen) atoms. The molecule has 1 atom stereocenters. The smallest absolute Gasteiger partial charge is 0.305 e. The molecule has 0 unspecified atom stereocenters. The van der Waals surface area contributed by atoms with Gasteiger partial charge in [0.2, 0.25) is 0 Å². The first-order valence-corrected chi connectivity index (χ1v) is 6.82. The minimum Gasteiger partial charge on any atom is -0.481 e. The summed E-state index contributed by atoms with van der Waals surface area (Å²) in [6.07, 6.45) is 0.402. The minimum absolute atomic E-state index is 0.189. The topological polar surface area (TPSA) is 95.1 Å². The lowest BCUT2D eigenvalue weighted by molar-refractivity contribution is -0.137. The van der Waals surface area contributed by atoms with Gasteiger partial charge in [0.25, 0.3) is 5.91 Å². The molecule has 3 N–H and O–H groups in total. The molecule has 6 nitrogen and oxygen atoms in total. The van der Waals surface area contributed by atoms with Crippen molar-refractivity contribution in [3.8, 4) is 0 Å². The Morgan fingerprint density at radius 2 is 2.05 bits per heavy atom. The highest BCUT2D eigenvalue weighted by molar-refractivity contribution is 5.92. The number of rotatable bonds is 6. The maximum atomic E-state index is 13.0. The van der Waals surface area contributed by atoms with E-state index in [2.05, 4.69) is 15.5 Å². The Bertz CT molecular complexity index is 667. The van der Waals surface area contributed by atoms with Crippen molar-refractivity contribution in [2.45, 2.75) is 25.8 Å².